The first kappa shape index (κ1) is 18.3. The van der Waals surface area contributed by atoms with E-state index in [4.69, 9.17) is 4.74 Å². The van der Waals surface area contributed by atoms with Crippen molar-refractivity contribution in [3.8, 4) is 17.0 Å². The number of hydrogen-bond donors (Lipinski definition) is 1. The summed E-state index contributed by atoms with van der Waals surface area (Å²) in [6, 6.07) is 14.0. The number of hydrogen-bond acceptors (Lipinski definition) is 5. The number of benzene rings is 1. The smallest absolute Gasteiger partial charge is 0.267 e. The van der Waals surface area contributed by atoms with Crippen molar-refractivity contribution in [3.63, 3.8) is 0 Å². The molecule has 1 N–H and O–H groups in total. The molecule has 0 aliphatic carbocycles. The van der Waals surface area contributed by atoms with Crippen molar-refractivity contribution in [3.05, 3.63) is 70.6 Å². The minimum Gasteiger partial charge on any atom is -0.494 e. The predicted octanol–water partition coefficient (Wildman–Crippen LogP) is 2.65. The molecule has 0 saturated heterocycles. The van der Waals surface area contributed by atoms with Gasteiger partial charge in [0.1, 0.15) is 18.1 Å². The van der Waals surface area contributed by atoms with Gasteiger partial charge >= 0.3 is 0 Å². The van der Waals surface area contributed by atoms with Gasteiger partial charge in [-0.15, -0.1) is 0 Å². The number of anilines is 1. The summed E-state index contributed by atoms with van der Waals surface area (Å²) in [5, 5.41) is 6.97. The quantitative estimate of drug-likeness (QED) is 0.727. The van der Waals surface area contributed by atoms with Crippen molar-refractivity contribution in [1.82, 2.24) is 14.8 Å². The van der Waals surface area contributed by atoms with Gasteiger partial charge in [0.15, 0.2) is 0 Å². The molecule has 7 nitrogen and oxygen atoms in total. The number of carbonyl (C=O) groups is 1. The van der Waals surface area contributed by atoms with E-state index in [0.29, 0.717) is 18.1 Å². The Labute approximate surface area is 156 Å². The fourth-order valence-electron chi connectivity index (χ4n) is 2.53. The fourth-order valence-corrected chi connectivity index (χ4v) is 2.53. The Bertz CT molecular complexity index is 997. The molecule has 1 amide bonds. The van der Waals surface area contributed by atoms with Crippen LogP contribution in [0.1, 0.15) is 12.5 Å². The number of carbonyl (C=O) groups excluding carboxylic acids is 1. The van der Waals surface area contributed by atoms with Crippen molar-refractivity contribution in [2.75, 3.05) is 11.9 Å². The van der Waals surface area contributed by atoms with Crippen LogP contribution in [0.15, 0.2) is 59.5 Å². The second-order valence-electron chi connectivity index (χ2n) is 5.94. The van der Waals surface area contributed by atoms with Crippen LogP contribution in [0.4, 0.5) is 5.82 Å². The van der Waals surface area contributed by atoms with Gasteiger partial charge in [-0.3, -0.25) is 9.59 Å². The van der Waals surface area contributed by atoms with Crippen molar-refractivity contribution in [1.29, 1.82) is 0 Å². The lowest BCUT2D eigenvalue weighted by Crippen LogP contribution is -2.29. The highest BCUT2D eigenvalue weighted by molar-refractivity contribution is 5.89. The summed E-state index contributed by atoms with van der Waals surface area (Å²) in [5.41, 5.74) is 2.05. The summed E-state index contributed by atoms with van der Waals surface area (Å²) < 4.78 is 6.56. The normalized spacial score (nSPS) is 10.4. The van der Waals surface area contributed by atoms with Gasteiger partial charge < -0.3 is 10.1 Å². The summed E-state index contributed by atoms with van der Waals surface area (Å²) in [5.74, 6) is 0.835. The molecule has 138 valence electrons. The SMILES string of the molecule is CCOc1ccc(-c2ccc(=O)n(CC(=O)Nc3cc(C)ccn3)n2)cc1. The molecule has 1 aromatic carbocycles. The van der Waals surface area contributed by atoms with Gasteiger partial charge in [-0.1, -0.05) is 0 Å². The topological polar surface area (TPSA) is 86.1 Å². The molecule has 0 unspecified atom stereocenters. The van der Waals surface area contributed by atoms with Crippen molar-refractivity contribution in [2.45, 2.75) is 20.4 Å². The van der Waals surface area contributed by atoms with E-state index in [1.165, 1.54) is 6.07 Å². The first-order chi connectivity index (χ1) is 13.0. The monoisotopic (exact) mass is 364 g/mol. The van der Waals surface area contributed by atoms with Gasteiger partial charge in [0, 0.05) is 17.8 Å². The lowest BCUT2D eigenvalue weighted by atomic mass is 10.1. The van der Waals surface area contributed by atoms with Crippen LogP contribution in [-0.4, -0.2) is 27.3 Å². The Morgan fingerprint density at radius 1 is 1.15 bits per heavy atom. The third kappa shape index (κ3) is 4.78. The van der Waals surface area contributed by atoms with Crippen molar-refractivity contribution in [2.24, 2.45) is 0 Å². The van der Waals surface area contributed by atoms with E-state index in [0.717, 1.165) is 21.6 Å². The van der Waals surface area contributed by atoms with Gasteiger partial charge in [0.2, 0.25) is 5.91 Å². The molecule has 0 aliphatic heterocycles. The Balaban J connectivity index is 1.76. The molecule has 3 aromatic rings. The molecule has 3 rings (SSSR count). The maximum absolute atomic E-state index is 12.2. The second kappa shape index (κ2) is 8.27. The molecule has 0 aliphatic rings. The van der Waals surface area contributed by atoms with E-state index in [1.54, 1.807) is 18.3 Å². The number of rotatable bonds is 6. The van der Waals surface area contributed by atoms with Gasteiger partial charge in [-0.25, -0.2) is 9.67 Å². The highest BCUT2D eigenvalue weighted by Gasteiger charge is 2.09. The Morgan fingerprint density at radius 3 is 2.63 bits per heavy atom. The molecule has 0 bridgehead atoms. The zero-order valence-electron chi connectivity index (χ0n) is 15.2. The molecular formula is C20H20N4O3. The summed E-state index contributed by atoms with van der Waals surface area (Å²) in [4.78, 5) is 28.4. The molecule has 27 heavy (non-hydrogen) atoms. The van der Waals surface area contributed by atoms with E-state index in [1.807, 2.05) is 44.2 Å². The number of aryl methyl sites for hydroxylation is 1. The predicted molar refractivity (Wildman–Crippen MR) is 103 cm³/mol. The lowest BCUT2D eigenvalue weighted by molar-refractivity contribution is -0.117. The largest absolute Gasteiger partial charge is 0.494 e. The molecule has 0 radical (unpaired) electrons. The molecule has 7 heteroatoms. The van der Waals surface area contributed by atoms with E-state index < -0.39 is 0 Å². The molecule has 0 saturated carbocycles. The number of nitrogens with one attached hydrogen (secondary N) is 1. The van der Waals surface area contributed by atoms with Crippen LogP contribution in [0.25, 0.3) is 11.3 Å². The maximum atomic E-state index is 12.2. The zero-order chi connectivity index (χ0) is 19.2. The number of aromatic nitrogens is 3. The van der Waals surface area contributed by atoms with Crippen LogP contribution in [-0.2, 0) is 11.3 Å². The lowest BCUT2D eigenvalue weighted by Gasteiger charge is -2.09. The van der Waals surface area contributed by atoms with Gasteiger partial charge in [-0.05, 0) is 61.9 Å². The first-order valence-corrected chi connectivity index (χ1v) is 8.59. The highest BCUT2D eigenvalue weighted by Crippen LogP contribution is 2.19. The number of amides is 1. The van der Waals surface area contributed by atoms with Crippen LogP contribution >= 0.6 is 0 Å². The second-order valence-corrected chi connectivity index (χ2v) is 5.94. The van der Waals surface area contributed by atoms with Gasteiger partial charge in [-0.2, -0.15) is 5.10 Å². The third-order valence-electron chi connectivity index (χ3n) is 3.80. The van der Waals surface area contributed by atoms with Gasteiger partial charge in [0.05, 0.1) is 12.3 Å². The summed E-state index contributed by atoms with van der Waals surface area (Å²) in [7, 11) is 0. The summed E-state index contributed by atoms with van der Waals surface area (Å²) in [6.45, 7) is 4.22. The average molecular weight is 364 g/mol. The fraction of sp³-hybridized carbons (Fsp3) is 0.200. The zero-order valence-corrected chi connectivity index (χ0v) is 15.2. The Kier molecular flexibility index (Phi) is 5.61. The van der Waals surface area contributed by atoms with Crippen molar-refractivity contribution < 1.29 is 9.53 Å². The number of nitrogens with zero attached hydrogens (tertiary/aromatic N) is 3. The van der Waals surface area contributed by atoms with Crippen LogP contribution in [0, 0.1) is 6.92 Å². The van der Waals surface area contributed by atoms with E-state index >= 15 is 0 Å². The van der Waals surface area contributed by atoms with Crippen molar-refractivity contribution >= 4 is 11.7 Å². The summed E-state index contributed by atoms with van der Waals surface area (Å²) in [6.07, 6.45) is 1.61. The number of pyridine rings is 1. The van der Waals surface area contributed by atoms with E-state index in [-0.39, 0.29) is 18.0 Å². The Hall–Kier alpha value is -3.48. The van der Waals surface area contributed by atoms with Crippen LogP contribution in [0.2, 0.25) is 0 Å². The first-order valence-electron chi connectivity index (χ1n) is 8.59. The van der Waals surface area contributed by atoms with Crippen LogP contribution in [0.5, 0.6) is 5.75 Å². The molecule has 2 heterocycles. The Morgan fingerprint density at radius 2 is 1.93 bits per heavy atom. The minimum absolute atomic E-state index is 0.195. The third-order valence-corrected chi connectivity index (χ3v) is 3.80. The highest BCUT2D eigenvalue weighted by atomic mass is 16.5. The molecule has 0 spiro atoms. The molecule has 0 fully saturated rings. The number of ether oxygens (including phenoxy) is 1. The minimum atomic E-state index is -0.369. The molecular weight excluding hydrogens is 344 g/mol. The van der Waals surface area contributed by atoms with Crippen LogP contribution < -0.4 is 15.6 Å². The molecule has 2 aromatic heterocycles. The van der Waals surface area contributed by atoms with E-state index in [2.05, 4.69) is 15.4 Å². The van der Waals surface area contributed by atoms with Crippen LogP contribution in [0.3, 0.4) is 0 Å². The average Bonchev–Trinajstić information content (AvgIpc) is 2.64. The standard InChI is InChI=1S/C20H20N4O3/c1-3-27-16-6-4-15(5-7-16)17-8-9-20(26)24(23-17)13-19(25)22-18-12-14(2)10-11-21-18/h4-12H,3,13H2,1-2H3,(H,21,22,25). The molecule has 0 atom stereocenters. The van der Waals surface area contributed by atoms with E-state index in [9.17, 15) is 9.59 Å². The maximum Gasteiger partial charge on any atom is 0.267 e. The van der Waals surface area contributed by atoms with Gasteiger partial charge in [0.25, 0.3) is 5.56 Å². The summed E-state index contributed by atoms with van der Waals surface area (Å²) >= 11 is 0.